The van der Waals surface area contributed by atoms with Crippen LogP contribution in [0.4, 0.5) is 0 Å². The molecule has 0 bridgehead atoms. The van der Waals surface area contributed by atoms with Gasteiger partial charge in [0.25, 0.3) is 5.56 Å². The standard InChI is InChI=1S/C11H11ClN2O3S/c1-2-7-9(15)13-11(17)14(10(7)16)5-6-3-4-8(12)18-6/h3-4,16H,2,5H2,1H3,(H,13,15,17). The van der Waals surface area contributed by atoms with Gasteiger partial charge in [-0.1, -0.05) is 18.5 Å². The molecule has 18 heavy (non-hydrogen) atoms. The van der Waals surface area contributed by atoms with Crippen LogP contribution in [-0.4, -0.2) is 14.7 Å². The molecule has 0 saturated carbocycles. The molecule has 2 N–H and O–H groups in total. The number of nitrogens with one attached hydrogen (secondary N) is 1. The third kappa shape index (κ3) is 2.34. The number of nitrogens with zero attached hydrogens (tertiary/aromatic N) is 1. The average Bonchev–Trinajstić information content (AvgIpc) is 2.70. The minimum absolute atomic E-state index is 0.186. The predicted molar refractivity (Wildman–Crippen MR) is 70.8 cm³/mol. The molecule has 2 rings (SSSR count). The van der Waals surface area contributed by atoms with Crippen LogP contribution in [0.2, 0.25) is 4.34 Å². The number of H-pyrrole nitrogens is 1. The second kappa shape index (κ2) is 4.99. The number of rotatable bonds is 3. The summed E-state index contributed by atoms with van der Waals surface area (Å²) in [6, 6.07) is 3.49. The maximum absolute atomic E-state index is 11.7. The van der Waals surface area contributed by atoms with Crippen molar-refractivity contribution < 1.29 is 5.11 Å². The minimum Gasteiger partial charge on any atom is -0.494 e. The van der Waals surface area contributed by atoms with Crippen LogP contribution in [0.5, 0.6) is 5.88 Å². The van der Waals surface area contributed by atoms with Gasteiger partial charge in [-0.25, -0.2) is 4.79 Å². The first-order valence-corrected chi connectivity index (χ1v) is 6.51. The molecule has 0 unspecified atom stereocenters. The maximum Gasteiger partial charge on any atom is 0.331 e. The summed E-state index contributed by atoms with van der Waals surface area (Å²) < 4.78 is 1.74. The van der Waals surface area contributed by atoms with E-state index in [9.17, 15) is 14.7 Å². The molecule has 2 aromatic heterocycles. The van der Waals surface area contributed by atoms with Crippen molar-refractivity contribution in [1.82, 2.24) is 9.55 Å². The summed E-state index contributed by atoms with van der Waals surface area (Å²) in [6.45, 7) is 1.92. The average molecular weight is 287 g/mol. The number of hydrogen-bond donors (Lipinski definition) is 2. The molecule has 0 aliphatic rings. The molecule has 5 nitrogen and oxygen atoms in total. The van der Waals surface area contributed by atoms with E-state index in [2.05, 4.69) is 4.98 Å². The molecule has 0 saturated heterocycles. The topological polar surface area (TPSA) is 75.1 Å². The largest absolute Gasteiger partial charge is 0.494 e. The zero-order chi connectivity index (χ0) is 13.3. The summed E-state index contributed by atoms with van der Waals surface area (Å²) >= 11 is 7.12. The van der Waals surface area contributed by atoms with E-state index in [-0.39, 0.29) is 18.0 Å². The lowest BCUT2D eigenvalue weighted by Gasteiger charge is -2.09. The van der Waals surface area contributed by atoms with Crippen LogP contribution in [-0.2, 0) is 13.0 Å². The van der Waals surface area contributed by atoms with Gasteiger partial charge in [0.05, 0.1) is 16.4 Å². The quantitative estimate of drug-likeness (QED) is 0.899. The lowest BCUT2D eigenvalue weighted by atomic mass is 10.2. The molecular weight excluding hydrogens is 276 g/mol. The van der Waals surface area contributed by atoms with Gasteiger partial charge in [0, 0.05) is 4.88 Å². The van der Waals surface area contributed by atoms with Gasteiger partial charge < -0.3 is 5.11 Å². The third-order valence-electron chi connectivity index (χ3n) is 2.56. The fraction of sp³-hybridized carbons (Fsp3) is 0.273. The Balaban J connectivity index is 2.51. The van der Waals surface area contributed by atoms with E-state index in [1.54, 1.807) is 19.1 Å². The first-order chi connectivity index (χ1) is 8.52. The van der Waals surface area contributed by atoms with E-state index in [0.29, 0.717) is 10.8 Å². The van der Waals surface area contributed by atoms with Gasteiger partial charge in [-0.2, -0.15) is 0 Å². The fourth-order valence-electron chi connectivity index (χ4n) is 1.66. The Labute approximate surface area is 111 Å². The van der Waals surface area contributed by atoms with Gasteiger partial charge in [-0.3, -0.25) is 14.3 Å². The van der Waals surface area contributed by atoms with Crippen molar-refractivity contribution >= 4 is 22.9 Å². The SMILES string of the molecule is CCc1c(O)n(Cc2ccc(Cl)s2)c(=O)[nH]c1=O. The van der Waals surface area contributed by atoms with Gasteiger partial charge >= 0.3 is 5.69 Å². The first kappa shape index (κ1) is 12.9. The van der Waals surface area contributed by atoms with E-state index in [1.807, 2.05) is 0 Å². The Kier molecular flexibility index (Phi) is 3.58. The summed E-state index contributed by atoms with van der Waals surface area (Å²) in [6.07, 6.45) is 0.354. The molecule has 0 aromatic carbocycles. The summed E-state index contributed by atoms with van der Waals surface area (Å²) in [5.41, 5.74) is -0.961. The molecule has 0 aliphatic heterocycles. The molecule has 7 heteroatoms. The highest BCUT2D eigenvalue weighted by molar-refractivity contribution is 7.16. The van der Waals surface area contributed by atoms with Crippen LogP contribution in [0.25, 0.3) is 0 Å². The number of thiophene rings is 1. The van der Waals surface area contributed by atoms with Gasteiger partial charge in [-0.15, -0.1) is 11.3 Å². The van der Waals surface area contributed by atoms with E-state index in [0.717, 1.165) is 9.44 Å². The summed E-state index contributed by atoms with van der Waals surface area (Å²) in [5.74, 6) is -0.282. The van der Waals surface area contributed by atoms with Crippen molar-refractivity contribution in [1.29, 1.82) is 0 Å². The van der Waals surface area contributed by atoms with Crippen LogP contribution in [0.3, 0.4) is 0 Å². The molecule has 2 heterocycles. The lowest BCUT2D eigenvalue weighted by Crippen LogP contribution is -2.32. The van der Waals surface area contributed by atoms with Crippen LogP contribution >= 0.6 is 22.9 Å². The number of aromatic hydroxyl groups is 1. The molecule has 0 radical (unpaired) electrons. The van der Waals surface area contributed by atoms with Crippen molar-refractivity contribution in [2.75, 3.05) is 0 Å². The van der Waals surface area contributed by atoms with E-state index in [4.69, 9.17) is 11.6 Å². The highest BCUT2D eigenvalue weighted by Crippen LogP contribution is 2.23. The molecule has 0 amide bonds. The molecular formula is C11H11ClN2O3S. The molecule has 2 aromatic rings. The van der Waals surface area contributed by atoms with Crippen molar-refractivity contribution in [3.8, 4) is 5.88 Å². The van der Waals surface area contributed by atoms with Crippen molar-refractivity contribution in [3.05, 3.63) is 47.7 Å². The smallest absolute Gasteiger partial charge is 0.331 e. The zero-order valence-corrected chi connectivity index (χ0v) is 11.1. The van der Waals surface area contributed by atoms with Gasteiger partial charge in [0.15, 0.2) is 0 Å². The van der Waals surface area contributed by atoms with Crippen LogP contribution < -0.4 is 11.2 Å². The predicted octanol–water partition coefficient (Wildman–Crippen LogP) is 1.57. The molecule has 0 aliphatic carbocycles. The first-order valence-electron chi connectivity index (χ1n) is 5.32. The maximum atomic E-state index is 11.7. The van der Waals surface area contributed by atoms with Gasteiger partial charge in [0.2, 0.25) is 5.88 Å². The Bertz CT molecular complexity index is 686. The molecule has 0 atom stereocenters. The fourth-order valence-corrected chi connectivity index (χ4v) is 2.74. The highest BCUT2D eigenvalue weighted by atomic mass is 35.5. The Morgan fingerprint density at radius 1 is 1.44 bits per heavy atom. The van der Waals surface area contributed by atoms with Crippen molar-refractivity contribution in [2.45, 2.75) is 19.9 Å². The molecule has 96 valence electrons. The number of aromatic amines is 1. The number of hydrogen-bond acceptors (Lipinski definition) is 4. The normalized spacial score (nSPS) is 10.8. The zero-order valence-electron chi connectivity index (χ0n) is 9.57. The van der Waals surface area contributed by atoms with E-state index >= 15 is 0 Å². The molecule has 0 fully saturated rings. The second-order valence-electron chi connectivity index (χ2n) is 3.71. The summed E-state index contributed by atoms with van der Waals surface area (Å²) in [5, 5.41) is 9.93. The highest BCUT2D eigenvalue weighted by Gasteiger charge is 2.13. The van der Waals surface area contributed by atoms with E-state index < -0.39 is 11.2 Å². The second-order valence-corrected chi connectivity index (χ2v) is 5.51. The molecule has 0 spiro atoms. The van der Waals surface area contributed by atoms with Crippen molar-refractivity contribution in [2.24, 2.45) is 0 Å². The summed E-state index contributed by atoms with van der Waals surface area (Å²) in [4.78, 5) is 26.1. The Morgan fingerprint density at radius 2 is 2.17 bits per heavy atom. The van der Waals surface area contributed by atoms with Crippen LogP contribution in [0.15, 0.2) is 21.7 Å². The van der Waals surface area contributed by atoms with Gasteiger partial charge in [0.1, 0.15) is 0 Å². The number of halogens is 1. The number of aromatic nitrogens is 2. The minimum atomic E-state index is -0.626. The van der Waals surface area contributed by atoms with Crippen molar-refractivity contribution in [3.63, 3.8) is 0 Å². The monoisotopic (exact) mass is 286 g/mol. The third-order valence-corrected chi connectivity index (χ3v) is 3.78. The van der Waals surface area contributed by atoms with E-state index in [1.165, 1.54) is 11.3 Å². The summed E-state index contributed by atoms with van der Waals surface area (Å²) in [7, 11) is 0. The van der Waals surface area contributed by atoms with Gasteiger partial charge in [-0.05, 0) is 18.6 Å². The van der Waals surface area contributed by atoms with Crippen LogP contribution in [0.1, 0.15) is 17.4 Å². The lowest BCUT2D eigenvalue weighted by molar-refractivity contribution is 0.402. The Morgan fingerprint density at radius 3 is 2.72 bits per heavy atom. The van der Waals surface area contributed by atoms with Crippen LogP contribution in [0, 0.1) is 0 Å². The Hall–Kier alpha value is -1.53.